The average molecular weight is 235 g/mol. The maximum Gasteiger partial charge on any atom is 0.126 e. The first kappa shape index (κ1) is 12.6. The SMILES string of the molecule is CCn1ccnc1C(NC)C1(CC)CCCC1. The standard InChI is InChI=1S/C14H25N3/c1-4-14(8-6-7-9-14)12(15-3)13-16-10-11-17(13)5-2/h10-12,15H,4-9H2,1-3H3. The Morgan fingerprint density at radius 3 is 2.65 bits per heavy atom. The summed E-state index contributed by atoms with van der Waals surface area (Å²) in [4.78, 5) is 4.60. The Kier molecular flexibility index (Phi) is 3.87. The molecule has 3 nitrogen and oxygen atoms in total. The van der Waals surface area contributed by atoms with Crippen LogP contribution in [0.4, 0.5) is 0 Å². The molecule has 0 bridgehead atoms. The summed E-state index contributed by atoms with van der Waals surface area (Å²) in [5, 5.41) is 3.53. The second-order valence-electron chi connectivity index (χ2n) is 5.22. The lowest BCUT2D eigenvalue weighted by Gasteiger charge is -2.36. The molecule has 0 aliphatic heterocycles. The topological polar surface area (TPSA) is 29.9 Å². The molecule has 1 saturated carbocycles. The van der Waals surface area contributed by atoms with Gasteiger partial charge < -0.3 is 9.88 Å². The van der Waals surface area contributed by atoms with E-state index in [1.807, 2.05) is 6.20 Å². The number of aryl methyl sites for hydroxylation is 1. The van der Waals surface area contributed by atoms with Gasteiger partial charge in [-0.3, -0.25) is 0 Å². The molecule has 2 rings (SSSR count). The van der Waals surface area contributed by atoms with E-state index in [0.29, 0.717) is 11.5 Å². The molecule has 1 aliphatic rings. The third-order valence-electron chi connectivity index (χ3n) is 4.55. The number of nitrogens with one attached hydrogen (secondary N) is 1. The highest BCUT2D eigenvalue weighted by atomic mass is 15.1. The normalized spacial score (nSPS) is 20.6. The van der Waals surface area contributed by atoms with Crippen LogP contribution in [0.5, 0.6) is 0 Å². The van der Waals surface area contributed by atoms with E-state index < -0.39 is 0 Å². The zero-order valence-corrected chi connectivity index (χ0v) is 11.4. The van der Waals surface area contributed by atoms with Crippen LogP contribution in [0.1, 0.15) is 57.8 Å². The van der Waals surface area contributed by atoms with Gasteiger partial charge >= 0.3 is 0 Å². The molecule has 1 N–H and O–H groups in total. The number of hydrogen-bond acceptors (Lipinski definition) is 2. The zero-order valence-electron chi connectivity index (χ0n) is 11.4. The Hall–Kier alpha value is -0.830. The van der Waals surface area contributed by atoms with Crippen molar-refractivity contribution in [2.45, 2.75) is 58.5 Å². The minimum Gasteiger partial charge on any atom is -0.334 e. The smallest absolute Gasteiger partial charge is 0.126 e. The number of imidazole rings is 1. The first-order chi connectivity index (χ1) is 8.27. The maximum absolute atomic E-state index is 4.60. The van der Waals surface area contributed by atoms with E-state index in [4.69, 9.17) is 0 Å². The van der Waals surface area contributed by atoms with Crippen molar-refractivity contribution in [3.63, 3.8) is 0 Å². The largest absolute Gasteiger partial charge is 0.334 e. The molecule has 1 aromatic heterocycles. The van der Waals surface area contributed by atoms with Crippen molar-refractivity contribution in [1.82, 2.24) is 14.9 Å². The lowest BCUT2D eigenvalue weighted by Crippen LogP contribution is -2.36. The van der Waals surface area contributed by atoms with Crippen LogP contribution in [0.15, 0.2) is 12.4 Å². The van der Waals surface area contributed by atoms with Gasteiger partial charge in [-0.1, -0.05) is 19.8 Å². The van der Waals surface area contributed by atoms with Gasteiger partial charge in [0, 0.05) is 18.9 Å². The quantitative estimate of drug-likeness (QED) is 0.849. The van der Waals surface area contributed by atoms with Gasteiger partial charge in [0.15, 0.2) is 0 Å². The summed E-state index contributed by atoms with van der Waals surface area (Å²) in [6, 6.07) is 0.407. The Bertz CT molecular complexity index is 350. The number of rotatable bonds is 5. The fourth-order valence-corrected chi connectivity index (χ4v) is 3.48. The summed E-state index contributed by atoms with van der Waals surface area (Å²) in [6.07, 6.45) is 10.7. The van der Waals surface area contributed by atoms with Gasteiger partial charge in [0.05, 0.1) is 6.04 Å². The summed E-state index contributed by atoms with van der Waals surface area (Å²) in [6.45, 7) is 5.52. The highest BCUT2D eigenvalue weighted by Gasteiger charge is 2.41. The second-order valence-corrected chi connectivity index (χ2v) is 5.22. The first-order valence-electron chi connectivity index (χ1n) is 6.95. The Morgan fingerprint density at radius 1 is 1.41 bits per heavy atom. The van der Waals surface area contributed by atoms with Crippen LogP contribution in [0.25, 0.3) is 0 Å². The predicted octanol–water partition coefficient (Wildman–Crippen LogP) is 3.13. The molecule has 3 heteroatoms. The lowest BCUT2D eigenvalue weighted by atomic mass is 9.75. The summed E-state index contributed by atoms with van der Waals surface area (Å²) in [7, 11) is 2.08. The predicted molar refractivity (Wildman–Crippen MR) is 70.9 cm³/mol. The van der Waals surface area contributed by atoms with Crippen molar-refractivity contribution in [2.75, 3.05) is 7.05 Å². The molecule has 0 saturated heterocycles. The number of aromatic nitrogens is 2. The van der Waals surface area contributed by atoms with Gasteiger partial charge in [-0.25, -0.2) is 4.98 Å². The van der Waals surface area contributed by atoms with E-state index in [0.717, 1.165) is 6.54 Å². The monoisotopic (exact) mass is 235 g/mol. The first-order valence-corrected chi connectivity index (χ1v) is 6.95. The van der Waals surface area contributed by atoms with E-state index in [1.54, 1.807) is 0 Å². The highest BCUT2D eigenvalue weighted by molar-refractivity contribution is 5.07. The molecule has 1 aromatic rings. The molecule has 1 fully saturated rings. The third kappa shape index (κ3) is 2.13. The summed E-state index contributed by atoms with van der Waals surface area (Å²) >= 11 is 0. The van der Waals surface area contributed by atoms with E-state index in [2.05, 4.69) is 42.0 Å². The molecule has 0 radical (unpaired) electrons. The number of nitrogens with zero attached hydrogens (tertiary/aromatic N) is 2. The molecule has 0 spiro atoms. The van der Waals surface area contributed by atoms with Crippen molar-refractivity contribution in [2.24, 2.45) is 5.41 Å². The molecule has 96 valence electrons. The van der Waals surface area contributed by atoms with Crippen molar-refractivity contribution in [3.05, 3.63) is 18.2 Å². The van der Waals surface area contributed by atoms with Crippen LogP contribution in [-0.2, 0) is 6.54 Å². The van der Waals surface area contributed by atoms with Crippen LogP contribution in [-0.4, -0.2) is 16.6 Å². The molecule has 1 aliphatic carbocycles. The Labute approximate surface area is 105 Å². The number of hydrogen-bond donors (Lipinski definition) is 1. The third-order valence-corrected chi connectivity index (χ3v) is 4.55. The van der Waals surface area contributed by atoms with Crippen LogP contribution in [0, 0.1) is 5.41 Å². The average Bonchev–Trinajstić information content (AvgIpc) is 2.99. The van der Waals surface area contributed by atoms with Crippen molar-refractivity contribution < 1.29 is 0 Å². The molecule has 0 amide bonds. The van der Waals surface area contributed by atoms with Gasteiger partial charge in [-0.2, -0.15) is 0 Å². The van der Waals surface area contributed by atoms with Crippen LogP contribution in [0.2, 0.25) is 0 Å². The minimum absolute atomic E-state index is 0.407. The fourth-order valence-electron chi connectivity index (χ4n) is 3.48. The summed E-state index contributed by atoms with van der Waals surface area (Å²) < 4.78 is 2.27. The molecule has 1 heterocycles. The van der Waals surface area contributed by atoms with E-state index in [-0.39, 0.29) is 0 Å². The molecule has 0 aromatic carbocycles. The summed E-state index contributed by atoms with van der Waals surface area (Å²) in [5.41, 5.74) is 0.424. The van der Waals surface area contributed by atoms with E-state index in [9.17, 15) is 0 Å². The van der Waals surface area contributed by atoms with Gasteiger partial charge in [-0.05, 0) is 38.6 Å². The van der Waals surface area contributed by atoms with Crippen molar-refractivity contribution in [1.29, 1.82) is 0 Å². The molecule has 1 unspecified atom stereocenters. The van der Waals surface area contributed by atoms with E-state index in [1.165, 1.54) is 37.9 Å². The highest BCUT2D eigenvalue weighted by Crippen LogP contribution is 2.49. The van der Waals surface area contributed by atoms with Crippen molar-refractivity contribution >= 4 is 0 Å². The molecule has 17 heavy (non-hydrogen) atoms. The van der Waals surface area contributed by atoms with Gasteiger partial charge in [0.25, 0.3) is 0 Å². The minimum atomic E-state index is 0.407. The molecular weight excluding hydrogens is 210 g/mol. The van der Waals surface area contributed by atoms with E-state index >= 15 is 0 Å². The maximum atomic E-state index is 4.60. The van der Waals surface area contributed by atoms with Gasteiger partial charge in [0.1, 0.15) is 5.82 Å². The summed E-state index contributed by atoms with van der Waals surface area (Å²) in [5.74, 6) is 1.22. The Balaban J connectivity index is 2.32. The van der Waals surface area contributed by atoms with Gasteiger partial charge in [-0.15, -0.1) is 0 Å². The lowest BCUT2D eigenvalue weighted by molar-refractivity contribution is 0.184. The van der Waals surface area contributed by atoms with Crippen LogP contribution in [0.3, 0.4) is 0 Å². The van der Waals surface area contributed by atoms with Crippen LogP contribution >= 0.6 is 0 Å². The Morgan fingerprint density at radius 2 is 2.12 bits per heavy atom. The second kappa shape index (κ2) is 5.21. The van der Waals surface area contributed by atoms with Crippen molar-refractivity contribution in [3.8, 4) is 0 Å². The van der Waals surface area contributed by atoms with Crippen LogP contribution < -0.4 is 5.32 Å². The molecule has 1 atom stereocenters. The zero-order chi connectivity index (χ0) is 12.3. The van der Waals surface area contributed by atoms with Gasteiger partial charge in [0.2, 0.25) is 0 Å². The fraction of sp³-hybridized carbons (Fsp3) is 0.786. The molecular formula is C14H25N3.